The molecule has 1 atom stereocenters. The topological polar surface area (TPSA) is 63.3 Å². The van der Waals surface area contributed by atoms with Crippen LogP contribution >= 0.6 is 0 Å². The van der Waals surface area contributed by atoms with Crippen molar-refractivity contribution in [2.24, 2.45) is 0 Å². The summed E-state index contributed by atoms with van der Waals surface area (Å²) < 4.78 is 2.21. The zero-order valence-corrected chi connectivity index (χ0v) is 13.3. The molecule has 2 radical (unpaired) electrons. The van der Waals surface area contributed by atoms with Gasteiger partial charge in [-0.05, 0) is 0 Å². The standard InChI is InChI=1S/C16H11AsN4O/c17-16-19-14-11-8-4-5-9-12(11)18-15(21(14)20-16)13(22)10-6-2-1-3-7-10/h1-9,13,22H. The second kappa shape index (κ2) is 5.20. The minimum absolute atomic E-state index is 0.463. The molecule has 0 aliphatic rings. The molecule has 4 aromatic rings. The van der Waals surface area contributed by atoms with Crippen molar-refractivity contribution in [1.82, 2.24) is 19.6 Å². The van der Waals surface area contributed by atoms with E-state index in [-0.39, 0.29) is 0 Å². The van der Waals surface area contributed by atoms with Crippen LogP contribution in [0, 0.1) is 0 Å². The van der Waals surface area contributed by atoms with Gasteiger partial charge in [0.15, 0.2) is 0 Å². The van der Waals surface area contributed by atoms with Crippen LogP contribution in [-0.2, 0) is 0 Å². The van der Waals surface area contributed by atoms with Crippen LogP contribution < -0.4 is 4.61 Å². The molecule has 0 spiro atoms. The van der Waals surface area contributed by atoms with Crippen LogP contribution in [0.25, 0.3) is 16.6 Å². The minimum atomic E-state index is -0.859. The van der Waals surface area contributed by atoms with Crippen molar-refractivity contribution >= 4 is 38.0 Å². The predicted molar refractivity (Wildman–Crippen MR) is 84.2 cm³/mol. The van der Waals surface area contributed by atoms with Gasteiger partial charge in [0.25, 0.3) is 0 Å². The molecular formula is C16H11AsN4O. The van der Waals surface area contributed by atoms with Crippen LogP contribution in [0.1, 0.15) is 17.5 Å². The SMILES string of the molecule is OC(c1ccccc1)c1nc2ccccc2c2nc([As])nn12. The number of nitrogens with zero attached hydrogens (tertiary/aromatic N) is 4. The Morgan fingerprint density at radius 2 is 1.68 bits per heavy atom. The molecule has 0 saturated carbocycles. The van der Waals surface area contributed by atoms with E-state index in [1.165, 1.54) is 0 Å². The van der Waals surface area contributed by atoms with E-state index in [1.54, 1.807) is 4.52 Å². The van der Waals surface area contributed by atoms with Gasteiger partial charge in [-0.3, -0.25) is 0 Å². The van der Waals surface area contributed by atoms with Crippen molar-refractivity contribution in [2.45, 2.75) is 6.10 Å². The van der Waals surface area contributed by atoms with Crippen LogP contribution in [0.4, 0.5) is 0 Å². The van der Waals surface area contributed by atoms with E-state index in [2.05, 4.69) is 31.9 Å². The number of benzene rings is 2. The van der Waals surface area contributed by atoms with Gasteiger partial charge in [-0.25, -0.2) is 0 Å². The fourth-order valence-corrected chi connectivity index (χ4v) is 2.91. The summed E-state index contributed by atoms with van der Waals surface area (Å²) in [6, 6.07) is 17.2. The zero-order chi connectivity index (χ0) is 15.1. The average molecular weight is 350 g/mol. The molecule has 0 aliphatic heterocycles. The number of aromatic nitrogens is 4. The summed E-state index contributed by atoms with van der Waals surface area (Å²) in [6.45, 7) is 0. The molecule has 0 bridgehead atoms. The Bertz CT molecular complexity index is 968. The van der Waals surface area contributed by atoms with Crippen LogP contribution in [0.3, 0.4) is 0 Å². The summed E-state index contributed by atoms with van der Waals surface area (Å²) >= 11 is 2.32. The Morgan fingerprint density at radius 3 is 2.50 bits per heavy atom. The second-order valence-electron chi connectivity index (χ2n) is 4.95. The maximum atomic E-state index is 10.7. The predicted octanol–water partition coefficient (Wildman–Crippen LogP) is 1.15. The summed E-state index contributed by atoms with van der Waals surface area (Å²) in [6.07, 6.45) is -0.859. The number of para-hydroxylation sites is 1. The van der Waals surface area contributed by atoms with E-state index in [1.807, 2.05) is 54.6 Å². The van der Waals surface area contributed by atoms with Gasteiger partial charge >= 0.3 is 135 Å². The third kappa shape index (κ3) is 2.10. The van der Waals surface area contributed by atoms with Gasteiger partial charge in [0, 0.05) is 0 Å². The van der Waals surface area contributed by atoms with Gasteiger partial charge in [-0.15, -0.1) is 0 Å². The first-order valence-corrected chi connectivity index (χ1v) is 7.75. The third-order valence-corrected chi connectivity index (χ3v) is 3.95. The molecule has 2 aromatic heterocycles. The zero-order valence-electron chi connectivity index (χ0n) is 11.5. The van der Waals surface area contributed by atoms with E-state index in [4.69, 9.17) is 0 Å². The van der Waals surface area contributed by atoms with Crippen molar-refractivity contribution in [2.75, 3.05) is 0 Å². The molecule has 5 nitrogen and oxygen atoms in total. The summed E-state index contributed by atoms with van der Waals surface area (Å²) in [5.41, 5.74) is 2.26. The molecule has 2 aromatic carbocycles. The average Bonchev–Trinajstić information content (AvgIpc) is 2.96. The molecule has 106 valence electrons. The monoisotopic (exact) mass is 350 g/mol. The quantitative estimate of drug-likeness (QED) is 0.551. The Labute approximate surface area is 135 Å². The molecule has 6 heteroatoms. The fraction of sp³-hybridized carbons (Fsp3) is 0.0625. The van der Waals surface area contributed by atoms with Gasteiger partial charge in [-0.2, -0.15) is 0 Å². The van der Waals surface area contributed by atoms with Crippen molar-refractivity contribution in [3.05, 3.63) is 66.0 Å². The first-order chi connectivity index (χ1) is 10.7. The molecular weight excluding hydrogens is 339 g/mol. The second-order valence-corrected chi connectivity index (χ2v) is 5.79. The molecule has 1 unspecified atom stereocenters. The molecule has 22 heavy (non-hydrogen) atoms. The number of hydrogen-bond acceptors (Lipinski definition) is 4. The fourth-order valence-electron chi connectivity index (χ4n) is 2.53. The summed E-state index contributed by atoms with van der Waals surface area (Å²) in [4.78, 5) is 9.05. The Kier molecular flexibility index (Phi) is 3.17. The van der Waals surface area contributed by atoms with E-state index in [0.29, 0.717) is 16.1 Å². The summed E-state index contributed by atoms with van der Waals surface area (Å²) in [7, 11) is 0. The van der Waals surface area contributed by atoms with E-state index >= 15 is 0 Å². The van der Waals surface area contributed by atoms with E-state index < -0.39 is 6.10 Å². The number of hydrogen-bond donors (Lipinski definition) is 1. The molecule has 1 N–H and O–H groups in total. The van der Waals surface area contributed by atoms with Crippen molar-refractivity contribution in [1.29, 1.82) is 0 Å². The molecule has 4 rings (SSSR count). The molecule has 0 aliphatic carbocycles. The molecule has 0 saturated heterocycles. The molecule has 0 fully saturated rings. The normalized spacial score (nSPS) is 12.8. The van der Waals surface area contributed by atoms with Crippen LogP contribution in [0.2, 0.25) is 0 Å². The van der Waals surface area contributed by atoms with Gasteiger partial charge < -0.3 is 0 Å². The van der Waals surface area contributed by atoms with Crippen LogP contribution in [-0.4, -0.2) is 41.5 Å². The van der Waals surface area contributed by atoms with Gasteiger partial charge in [0.05, 0.1) is 0 Å². The number of aliphatic hydroxyl groups excluding tert-OH is 1. The first-order valence-electron chi connectivity index (χ1n) is 6.81. The summed E-state index contributed by atoms with van der Waals surface area (Å²) in [5.74, 6) is 0.463. The first kappa shape index (κ1) is 13.4. The van der Waals surface area contributed by atoms with E-state index in [9.17, 15) is 5.11 Å². The van der Waals surface area contributed by atoms with Crippen LogP contribution in [0.5, 0.6) is 0 Å². The number of fused-ring (bicyclic) bond motifs is 3. The van der Waals surface area contributed by atoms with Crippen LogP contribution in [0.15, 0.2) is 54.6 Å². The third-order valence-electron chi connectivity index (χ3n) is 3.55. The van der Waals surface area contributed by atoms with E-state index in [0.717, 1.165) is 16.5 Å². The Morgan fingerprint density at radius 1 is 0.955 bits per heavy atom. The maximum absolute atomic E-state index is 10.7. The Hall–Kier alpha value is -2.23. The molecule has 0 amide bonds. The van der Waals surface area contributed by atoms with Gasteiger partial charge in [0.2, 0.25) is 0 Å². The number of aliphatic hydroxyl groups is 1. The van der Waals surface area contributed by atoms with Gasteiger partial charge in [0.1, 0.15) is 0 Å². The van der Waals surface area contributed by atoms with Crippen molar-refractivity contribution in [3.63, 3.8) is 0 Å². The Balaban J connectivity index is 2.03. The van der Waals surface area contributed by atoms with Crippen molar-refractivity contribution < 1.29 is 5.11 Å². The number of rotatable bonds is 2. The summed E-state index contributed by atoms with van der Waals surface area (Å²) in [5, 5.41) is 16.0. The van der Waals surface area contributed by atoms with Gasteiger partial charge in [-0.1, -0.05) is 0 Å². The van der Waals surface area contributed by atoms with Crippen molar-refractivity contribution in [3.8, 4) is 0 Å². The molecule has 2 heterocycles.